The van der Waals surface area contributed by atoms with E-state index in [1.165, 1.54) is 0 Å². The van der Waals surface area contributed by atoms with Gasteiger partial charge in [0.15, 0.2) is 5.90 Å². The van der Waals surface area contributed by atoms with Gasteiger partial charge in [0.1, 0.15) is 0 Å². The van der Waals surface area contributed by atoms with Crippen LogP contribution in [0.5, 0.6) is 0 Å². The van der Waals surface area contributed by atoms with E-state index in [9.17, 15) is 4.79 Å². The van der Waals surface area contributed by atoms with Crippen molar-refractivity contribution < 1.29 is 14.6 Å². The molecule has 0 amide bonds. The minimum atomic E-state index is -0.931. The van der Waals surface area contributed by atoms with Gasteiger partial charge in [-0.15, -0.1) is 0 Å². The zero-order valence-corrected chi connectivity index (χ0v) is 6.41. The number of aliphatic imine (C=N–C) groups is 1. The molecule has 0 spiro atoms. The molecule has 4 nitrogen and oxygen atoms in total. The Balaban J connectivity index is 2.36. The van der Waals surface area contributed by atoms with Crippen LogP contribution in [0.2, 0.25) is 0 Å². The van der Waals surface area contributed by atoms with Gasteiger partial charge in [-0.1, -0.05) is 6.92 Å². The zero-order chi connectivity index (χ0) is 8.27. The van der Waals surface area contributed by atoms with Crippen molar-refractivity contribution in [2.75, 3.05) is 6.54 Å². The summed E-state index contributed by atoms with van der Waals surface area (Å²) in [5.74, 6) is -0.347. The Labute approximate surface area is 64.9 Å². The average molecular weight is 157 g/mol. The van der Waals surface area contributed by atoms with Crippen molar-refractivity contribution in [2.45, 2.75) is 25.9 Å². The molecule has 1 rings (SSSR count). The fourth-order valence-electron chi connectivity index (χ4n) is 0.904. The summed E-state index contributed by atoms with van der Waals surface area (Å²) in [4.78, 5) is 14.3. The molecule has 0 fully saturated rings. The molecule has 1 aliphatic rings. The number of carbonyl (C=O) groups is 1. The minimum Gasteiger partial charge on any atom is -0.478 e. The Morgan fingerprint density at radius 3 is 3.09 bits per heavy atom. The monoisotopic (exact) mass is 157 g/mol. The number of ether oxygens (including phenoxy) is 1. The van der Waals surface area contributed by atoms with Crippen molar-refractivity contribution in [1.29, 1.82) is 0 Å². The average Bonchev–Trinajstić information content (AvgIpc) is 2.37. The minimum absolute atomic E-state index is 0.269. The molecule has 1 heterocycles. The van der Waals surface area contributed by atoms with Crippen LogP contribution in [0.4, 0.5) is 0 Å². The zero-order valence-electron chi connectivity index (χ0n) is 6.41. The fourth-order valence-corrected chi connectivity index (χ4v) is 0.904. The van der Waals surface area contributed by atoms with Crippen LogP contribution < -0.4 is 0 Å². The summed E-state index contributed by atoms with van der Waals surface area (Å²) in [6.45, 7) is 2.27. The molecule has 1 atom stereocenters. The van der Waals surface area contributed by atoms with Gasteiger partial charge >= 0.3 is 5.97 Å². The maximum atomic E-state index is 10.4. The quantitative estimate of drug-likeness (QED) is 0.655. The Morgan fingerprint density at radius 2 is 2.64 bits per heavy atom. The van der Waals surface area contributed by atoms with E-state index in [2.05, 4.69) is 4.99 Å². The van der Waals surface area contributed by atoms with Gasteiger partial charge in [0.2, 0.25) is 6.10 Å². The molecule has 0 aliphatic carbocycles. The number of rotatable bonds is 3. The lowest BCUT2D eigenvalue weighted by atomic mass is 10.3. The maximum absolute atomic E-state index is 10.4. The van der Waals surface area contributed by atoms with Crippen LogP contribution in [0.15, 0.2) is 4.99 Å². The predicted molar refractivity (Wildman–Crippen MR) is 39.7 cm³/mol. The van der Waals surface area contributed by atoms with Crippen LogP contribution in [-0.2, 0) is 9.53 Å². The van der Waals surface area contributed by atoms with Crippen molar-refractivity contribution in [1.82, 2.24) is 0 Å². The van der Waals surface area contributed by atoms with E-state index in [-0.39, 0.29) is 6.54 Å². The first-order valence-corrected chi connectivity index (χ1v) is 3.66. The molecule has 1 N–H and O–H groups in total. The topological polar surface area (TPSA) is 58.9 Å². The molecule has 62 valence electrons. The van der Waals surface area contributed by atoms with Crippen molar-refractivity contribution in [3.05, 3.63) is 0 Å². The number of nitrogens with zero attached hydrogens (tertiary/aromatic N) is 1. The van der Waals surface area contributed by atoms with E-state index in [4.69, 9.17) is 9.84 Å². The lowest BCUT2D eigenvalue weighted by Gasteiger charge is -2.04. The highest BCUT2D eigenvalue weighted by Crippen LogP contribution is 2.08. The molecule has 0 radical (unpaired) electrons. The third-order valence-corrected chi connectivity index (χ3v) is 1.45. The highest BCUT2D eigenvalue weighted by molar-refractivity contribution is 5.84. The lowest BCUT2D eigenvalue weighted by Crippen LogP contribution is -2.23. The second kappa shape index (κ2) is 3.37. The Morgan fingerprint density at radius 1 is 1.91 bits per heavy atom. The Hall–Kier alpha value is -1.06. The second-order valence-corrected chi connectivity index (χ2v) is 2.43. The van der Waals surface area contributed by atoms with Crippen LogP contribution in [0.1, 0.15) is 19.8 Å². The van der Waals surface area contributed by atoms with Gasteiger partial charge in [0, 0.05) is 6.42 Å². The second-order valence-electron chi connectivity index (χ2n) is 2.43. The molecule has 1 aliphatic heterocycles. The predicted octanol–water partition coefficient (Wildman–Crippen LogP) is 0.668. The Kier molecular flexibility index (Phi) is 2.46. The standard InChI is InChI=1S/C7H11NO3/c1-2-3-6-8-4-5(11-6)7(9)10/h5H,2-4H2,1H3,(H,9,10). The molecule has 11 heavy (non-hydrogen) atoms. The largest absolute Gasteiger partial charge is 0.478 e. The number of hydrogen-bond acceptors (Lipinski definition) is 3. The molecule has 1 unspecified atom stereocenters. The van der Waals surface area contributed by atoms with E-state index in [0.29, 0.717) is 5.90 Å². The lowest BCUT2D eigenvalue weighted by molar-refractivity contribution is -0.144. The number of hydrogen-bond donors (Lipinski definition) is 1. The summed E-state index contributed by atoms with van der Waals surface area (Å²) < 4.78 is 5.01. The van der Waals surface area contributed by atoms with Gasteiger partial charge in [-0.2, -0.15) is 0 Å². The van der Waals surface area contributed by atoms with E-state index in [1.807, 2.05) is 6.92 Å². The van der Waals surface area contributed by atoms with Gasteiger partial charge in [-0.05, 0) is 6.42 Å². The molecular formula is C7H11NO3. The molecular weight excluding hydrogens is 146 g/mol. The van der Waals surface area contributed by atoms with Crippen molar-refractivity contribution >= 4 is 11.9 Å². The van der Waals surface area contributed by atoms with Gasteiger partial charge in [0.25, 0.3) is 0 Å². The molecule has 0 saturated carbocycles. The SMILES string of the molecule is CCCC1=NCC(C(=O)O)O1. The first-order valence-electron chi connectivity index (χ1n) is 3.66. The van der Waals surface area contributed by atoms with Crippen LogP contribution in [0.25, 0.3) is 0 Å². The number of carboxylic acids is 1. The number of carboxylic acid groups (broad SMARTS) is 1. The summed E-state index contributed by atoms with van der Waals surface area (Å²) in [7, 11) is 0. The molecule has 0 aromatic rings. The summed E-state index contributed by atoms with van der Waals surface area (Å²) in [5.41, 5.74) is 0. The molecule has 0 aromatic carbocycles. The van der Waals surface area contributed by atoms with Crippen molar-refractivity contribution in [2.24, 2.45) is 4.99 Å². The van der Waals surface area contributed by atoms with E-state index < -0.39 is 12.1 Å². The van der Waals surface area contributed by atoms with E-state index in [0.717, 1.165) is 12.8 Å². The maximum Gasteiger partial charge on any atom is 0.346 e. The third kappa shape index (κ3) is 1.93. The van der Waals surface area contributed by atoms with Gasteiger partial charge in [-0.3, -0.25) is 4.99 Å². The number of aliphatic carboxylic acids is 1. The molecule has 0 saturated heterocycles. The first kappa shape index (κ1) is 8.04. The highest BCUT2D eigenvalue weighted by Gasteiger charge is 2.25. The first-order chi connectivity index (χ1) is 5.24. The van der Waals surface area contributed by atoms with Crippen LogP contribution >= 0.6 is 0 Å². The smallest absolute Gasteiger partial charge is 0.346 e. The normalized spacial score (nSPS) is 22.6. The van der Waals surface area contributed by atoms with Crippen LogP contribution in [0.3, 0.4) is 0 Å². The third-order valence-electron chi connectivity index (χ3n) is 1.45. The van der Waals surface area contributed by atoms with E-state index >= 15 is 0 Å². The fraction of sp³-hybridized carbons (Fsp3) is 0.714. The highest BCUT2D eigenvalue weighted by atomic mass is 16.5. The molecule has 4 heteroatoms. The summed E-state index contributed by atoms with van der Waals surface area (Å²) in [5, 5.41) is 8.50. The summed E-state index contributed by atoms with van der Waals surface area (Å²) >= 11 is 0. The van der Waals surface area contributed by atoms with Gasteiger partial charge < -0.3 is 9.84 Å². The van der Waals surface area contributed by atoms with Gasteiger partial charge in [0.05, 0.1) is 6.54 Å². The molecule has 0 bridgehead atoms. The van der Waals surface area contributed by atoms with Gasteiger partial charge in [-0.25, -0.2) is 4.79 Å². The summed E-state index contributed by atoms with van der Waals surface area (Å²) in [6.07, 6.45) is 0.936. The van der Waals surface area contributed by atoms with Crippen LogP contribution in [0, 0.1) is 0 Å². The van der Waals surface area contributed by atoms with Crippen molar-refractivity contribution in [3.8, 4) is 0 Å². The summed E-state index contributed by atoms with van der Waals surface area (Å²) in [6, 6.07) is 0. The van der Waals surface area contributed by atoms with Crippen LogP contribution in [-0.4, -0.2) is 29.6 Å². The van der Waals surface area contributed by atoms with Crippen molar-refractivity contribution in [3.63, 3.8) is 0 Å². The molecule has 0 aromatic heterocycles. The van der Waals surface area contributed by atoms with E-state index in [1.54, 1.807) is 0 Å². The Bertz CT molecular complexity index is 188.